The number of rotatable bonds is 5. The Morgan fingerprint density at radius 2 is 1.68 bits per heavy atom. The average Bonchev–Trinajstić information content (AvgIpc) is 3.52. The van der Waals surface area contributed by atoms with Crippen molar-refractivity contribution in [1.29, 1.82) is 0 Å². The largest absolute Gasteiger partial charge is 0.368 e. The first kappa shape index (κ1) is 23.7. The number of amides is 2. The van der Waals surface area contributed by atoms with Gasteiger partial charge in [-0.15, -0.1) is 0 Å². The van der Waals surface area contributed by atoms with Gasteiger partial charge in [-0.2, -0.15) is 4.98 Å². The Kier molecular flexibility index (Phi) is 6.18. The second-order valence-corrected chi connectivity index (χ2v) is 10.6. The van der Waals surface area contributed by atoms with Crippen LogP contribution in [0.2, 0.25) is 0 Å². The van der Waals surface area contributed by atoms with Crippen LogP contribution in [0, 0.1) is 19.8 Å². The summed E-state index contributed by atoms with van der Waals surface area (Å²) in [6.07, 6.45) is 3.79. The summed E-state index contributed by atoms with van der Waals surface area (Å²) in [4.78, 5) is 36.6. The third kappa shape index (κ3) is 4.61. The van der Waals surface area contributed by atoms with E-state index in [0.29, 0.717) is 31.4 Å². The lowest BCUT2D eigenvalue weighted by atomic mass is 9.85. The molecule has 37 heavy (non-hydrogen) atoms. The minimum Gasteiger partial charge on any atom is -0.368 e. The minimum absolute atomic E-state index is 0.0294. The molecular weight excluding hydrogens is 466 g/mol. The van der Waals surface area contributed by atoms with Gasteiger partial charge in [-0.3, -0.25) is 9.59 Å². The number of aryl methyl sites for hydroxylation is 2. The highest BCUT2D eigenvalue weighted by atomic mass is 16.5. The van der Waals surface area contributed by atoms with Crippen LogP contribution < -0.4 is 9.80 Å². The second kappa shape index (κ2) is 9.65. The fourth-order valence-corrected chi connectivity index (χ4v) is 5.45. The molecule has 0 bridgehead atoms. The monoisotopic (exact) mass is 499 g/mol. The van der Waals surface area contributed by atoms with E-state index in [1.54, 1.807) is 4.90 Å². The average molecular weight is 500 g/mol. The van der Waals surface area contributed by atoms with E-state index in [1.165, 1.54) is 12.0 Å². The van der Waals surface area contributed by atoms with Crippen molar-refractivity contribution < 1.29 is 14.1 Å². The summed E-state index contributed by atoms with van der Waals surface area (Å²) >= 11 is 0. The van der Waals surface area contributed by atoms with Crippen molar-refractivity contribution in [3.63, 3.8) is 0 Å². The van der Waals surface area contributed by atoms with Crippen molar-refractivity contribution in [3.05, 3.63) is 59.5 Å². The molecule has 1 aliphatic carbocycles. The predicted molar refractivity (Wildman–Crippen MR) is 141 cm³/mol. The first-order valence-corrected chi connectivity index (χ1v) is 13.3. The molecule has 0 unspecified atom stereocenters. The summed E-state index contributed by atoms with van der Waals surface area (Å²) in [5, 5.41) is 4.17. The number of carbonyl (C=O) groups is 2. The van der Waals surface area contributed by atoms with Gasteiger partial charge in [0.2, 0.25) is 23.5 Å². The molecule has 2 aliphatic heterocycles. The summed E-state index contributed by atoms with van der Waals surface area (Å²) < 4.78 is 5.46. The molecule has 6 rings (SSSR count). The maximum Gasteiger partial charge on any atom is 0.230 e. The zero-order chi connectivity index (χ0) is 25.5. The zero-order valence-corrected chi connectivity index (χ0v) is 21.5. The molecule has 1 saturated carbocycles. The molecular formula is C29H33N5O3. The van der Waals surface area contributed by atoms with Crippen LogP contribution in [0.4, 0.5) is 11.4 Å². The number of carbonyl (C=O) groups excluding carboxylic acids is 2. The molecule has 2 saturated heterocycles. The number of nitrogens with zero attached hydrogens (tertiary/aromatic N) is 5. The zero-order valence-electron chi connectivity index (χ0n) is 21.5. The van der Waals surface area contributed by atoms with Gasteiger partial charge in [0.05, 0.1) is 5.92 Å². The topological polar surface area (TPSA) is 82.8 Å². The van der Waals surface area contributed by atoms with Crippen LogP contribution in [0.25, 0.3) is 11.4 Å². The molecule has 3 fully saturated rings. The Morgan fingerprint density at radius 3 is 2.35 bits per heavy atom. The molecule has 192 valence electrons. The lowest BCUT2D eigenvalue weighted by Gasteiger charge is -2.37. The van der Waals surface area contributed by atoms with E-state index < -0.39 is 0 Å². The normalized spacial score (nSPS) is 20.4. The van der Waals surface area contributed by atoms with Gasteiger partial charge in [0.1, 0.15) is 0 Å². The van der Waals surface area contributed by atoms with E-state index in [4.69, 9.17) is 4.52 Å². The molecule has 3 heterocycles. The molecule has 1 atom stereocenters. The van der Waals surface area contributed by atoms with Gasteiger partial charge in [-0.25, -0.2) is 0 Å². The Bertz CT molecular complexity index is 1310. The van der Waals surface area contributed by atoms with E-state index in [1.807, 2.05) is 42.2 Å². The van der Waals surface area contributed by atoms with E-state index >= 15 is 0 Å². The van der Waals surface area contributed by atoms with E-state index in [2.05, 4.69) is 34.1 Å². The van der Waals surface area contributed by atoms with Crippen LogP contribution in [-0.2, 0) is 9.59 Å². The lowest BCUT2D eigenvalue weighted by molar-refractivity contribution is -0.136. The van der Waals surface area contributed by atoms with Gasteiger partial charge >= 0.3 is 0 Å². The quantitative estimate of drug-likeness (QED) is 0.520. The summed E-state index contributed by atoms with van der Waals surface area (Å²) in [7, 11) is 0. The van der Waals surface area contributed by atoms with Gasteiger partial charge in [-0.1, -0.05) is 17.6 Å². The Hall–Kier alpha value is -3.68. The molecule has 8 nitrogen and oxygen atoms in total. The third-order valence-corrected chi connectivity index (χ3v) is 8.25. The number of anilines is 2. The van der Waals surface area contributed by atoms with Crippen LogP contribution in [-0.4, -0.2) is 59.6 Å². The Morgan fingerprint density at radius 1 is 0.946 bits per heavy atom. The van der Waals surface area contributed by atoms with Crippen molar-refractivity contribution in [2.45, 2.75) is 45.4 Å². The van der Waals surface area contributed by atoms with Crippen molar-refractivity contribution in [2.24, 2.45) is 5.92 Å². The highest BCUT2D eigenvalue weighted by Gasteiger charge is 2.38. The lowest BCUT2D eigenvalue weighted by Crippen LogP contribution is -2.50. The van der Waals surface area contributed by atoms with Crippen molar-refractivity contribution in [2.75, 3.05) is 42.5 Å². The number of hydrogen-bond acceptors (Lipinski definition) is 6. The van der Waals surface area contributed by atoms with E-state index in [-0.39, 0.29) is 24.2 Å². The van der Waals surface area contributed by atoms with Crippen LogP contribution in [0.3, 0.4) is 0 Å². The van der Waals surface area contributed by atoms with E-state index in [0.717, 1.165) is 54.3 Å². The molecule has 3 aliphatic rings. The highest BCUT2D eigenvalue weighted by molar-refractivity contribution is 6.00. The maximum atomic E-state index is 13.3. The van der Waals surface area contributed by atoms with Crippen molar-refractivity contribution in [3.8, 4) is 11.4 Å². The molecule has 3 aromatic rings. The van der Waals surface area contributed by atoms with Crippen LogP contribution >= 0.6 is 0 Å². The summed E-state index contributed by atoms with van der Waals surface area (Å²) in [6.45, 7) is 7.41. The SMILES string of the molecule is Cc1ccc(N2C[C@H](C(=O)N3CCN(c4ccc(-c5noc(C6CCC6)n5)cc4)CC3)CC2=O)cc1C. The van der Waals surface area contributed by atoms with Crippen LogP contribution in [0.5, 0.6) is 0 Å². The van der Waals surface area contributed by atoms with Gasteiger partial charge < -0.3 is 19.2 Å². The third-order valence-electron chi connectivity index (χ3n) is 8.25. The van der Waals surface area contributed by atoms with Gasteiger partial charge in [0.15, 0.2) is 0 Å². The first-order valence-electron chi connectivity index (χ1n) is 13.3. The molecule has 8 heteroatoms. The molecule has 1 aromatic heterocycles. The standard InChI is InChI=1S/C29H33N5O3/c1-19-6-9-25(16-20(19)2)34-18-23(17-26(34)35)29(36)33-14-12-32(13-15-33)24-10-7-21(8-11-24)27-30-28(37-31-27)22-4-3-5-22/h6-11,16,22-23H,3-5,12-15,17-18H2,1-2H3/t23-/m1/s1. The smallest absolute Gasteiger partial charge is 0.230 e. The predicted octanol–water partition coefficient (Wildman–Crippen LogP) is 4.32. The van der Waals surface area contributed by atoms with Crippen LogP contribution in [0.1, 0.15) is 48.6 Å². The Labute approximate surface area is 217 Å². The van der Waals surface area contributed by atoms with Gasteiger partial charge in [0.25, 0.3) is 0 Å². The molecule has 2 amide bonds. The molecule has 2 aromatic carbocycles. The highest BCUT2D eigenvalue weighted by Crippen LogP contribution is 2.36. The number of aromatic nitrogens is 2. The van der Waals surface area contributed by atoms with E-state index in [9.17, 15) is 9.59 Å². The number of benzene rings is 2. The summed E-state index contributed by atoms with van der Waals surface area (Å²) in [5.74, 6) is 1.67. The minimum atomic E-state index is -0.278. The van der Waals surface area contributed by atoms with Crippen molar-refractivity contribution in [1.82, 2.24) is 15.0 Å². The van der Waals surface area contributed by atoms with Gasteiger partial charge in [-0.05, 0) is 74.2 Å². The second-order valence-electron chi connectivity index (χ2n) is 10.6. The summed E-state index contributed by atoms with van der Waals surface area (Å²) in [6, 6.07) is 14.3. The number of hydrogen-bond donors (Lipinski definition) is 0. The summed E-state index contributed by atoms with van der Waals surface area (Å²) in [5.41, 5.74) is 5.31. The first-order chi connectivity index (χ1) is 18.0. The number of piperazine rings is 1. The Balaban J connectivity index is 1.04. The van der Waals surface area contributed by atoms with Crippen LogP contribution in [0.15, 0.2) is 47.0 Å². The van der Waals surface area contributed by atoms with Gasteiger partial charge in [0, 0.05) is 62.0 Å². The fraction of sp³-hybridized carbons (Fsp3) is 0.448. The fourth-order valence-electron chi connectivity index (χ4n) is 5.45. The maximum absolute atomic E-state index is 13.3. The van der Waals surface area contributed by atoms with Crippen molar-refractivity contribution >= 4 is 23.2 Å². The molecule has 0 radical (unpaired) electrons. The molecule has 0 spiro atoms. The molecule has 0 N–H and O–H groups in total.